The molecule has 0 radical (unpaired) electrons. The van der Waals surface area contributed by atoms with Crippen LogP contribution in [-0.2, 0) is 4.79 Å². The quantitative estimate of drug-likeness (QED) is 0.707. The molecule has 24 heavy (non-hydrogen) atoms. The Morgan fingerprint density at radius 3 is 2.38 bits per heavy atom. The third kappa shape index (κ3) is 3.92. The minimum absolute atomic E-state index is 0.267. The maximum Gasteiger partial charge on any atom is 0.262 e. The van der Waals surface area contributed by atoms with Crippen LogP contribution in [0.5, 0.6) is 0 Å². The van der Waals surface area contributed by atoms with Gasteiger partial charge in [0.25, 0.3) is 5.91 Å². The van der Waals surface area contributed by atoms with E-state index in [0.29, 0.717) is 9.13 Å². The number of rotatable bonds is 5. The number of amides is 1. The van der Waals surface area contributed by atoms with Crippen molar-refractivity contribution in [2.75, 3.05) is 7.05 Å². The molecule has 0 saturated heterocycles. The van der Waals surface area contributed by atoms with Gasteiger partial charge in [-0.25, -0.2) is 8.78 Å². The lowest BCUT2D eigenvalue weighted by Gasteiger charge is -2.30. The first-order chi connectivity index (χ1) is 11.3. The van der Waals surface area contributed by atoms with Crippen LogP contribution in [0.15, 0.2) is 48.5 Å². The van der Waals surface area contributed by atoms with Crippen LogP contribution < -0.4 is 0 Å². The maximum absolute atomic E-state index is 14.6. The summed E-state index contributed by atoms with van der Waals surface area (Å²) in [5, 5.41) is 10.4. The second-order valence-corrected chi connectivity index (χ2v) is 6.71. The van der Waals surface area contributed by atoms with E-state index in [1.54, 1.807) is 59.8 Å². The van der Waals surface area contributed by atoms with Crippen LogP contribution in [0.25, 0.3) is 0 Å². The van der Waals surface area contributed by atoms with E-state index < -0.39 is 30.0 Å². The number of halogens is 3. The number of benzene rings is 2. The molecule has 2 rings (SSSR count). The van der Waals surface area contributed by atoms with Crippen LogP contribution in [0.4, 0.5) is 8.78 Å². The molecule has 0 aliphatic heterocycles. The first-order valence-electron chi connectivity index (χ1n) is 7.42. The summed E-state index contributed by atoms with van der Waals surface area (Å²) in [4.78, 5) is 13.5. The molecule has 0 spiro atoms. The minimum atomic E-state index is -2.12. The van der Waals surface area contributed by atoms with Gasteiger partial charge in [-0.2, -0.15) is 0 Å². The Kier molecular flexibility index (Phi) is 6.28. The van der Waals surface area contributed by atoms with Crippen LogP contribution in [0, 0.1) is 9.39 Å². The summed E-state index contributed by atoms with van der Waals surface area (Å²) in [6.07, 6.45) is -3.08. The first-order valence-corrected chi connectivity index (χ1v) is 8.50. The molecule has 3 atom stereocenters. The number of hydrogen-bond donors (Lipinski definition) is 1. The molecule has 1 N–H and O–H groups in total. The Morgan fingerprint density at radius 1 is 1.17 bits per heavy atom. The van der Waals surface area contributed by atoms with Crippen molar-refractivity contribution in [1.29, 1.82) is 0 Å². The Morgan fingerprint density at radius 2 is 1.79 bits per heavy atom. The standard InChI is InChI=1S/C18H18F2INO2/c1-11(17(23)12-7-4-3-5-8-12)22(2)18(24)16(20)15-13(19)9-6-10-14(15)21/h3-11,16-17,23H,1-2H3/t11-,16-,17+/m1/s1. The average molecular weight is 445 g/mol. The van der Waals surface area contributed by atoms with Crippen molar-refractivity contribution in [3.8, 4) is 0 Å². The zero-order valence-corrected chi connectivity index (χ0v) is 15.4. The van der Waals surface area contributed by atoms with E-state index in [1.165, 1.54) is 13.1 Å². The van der Waals surface area contributed by atoms with Gasteiger partial charge in [-0.15, -0.1) is 0 Å². The van der Waals surface area contributed by atoms with Crippen molar-refractivity contribution < 1.29 is 18.7 Å². The molecular weight excluding hydrogens is 427 g/mol. The molecule has 2 aromatic rings. The fourth-order valence-electron chi connectivity index (χ4n) is 2.40. The molecule has 0 aromatic heterocycles. The van der Waals surface area contributed by atoms with Gasteiger partial charge < -0.3 is 10.0 Å². The van der Waals surface area contributed by atoms with E-state index >= 15 is 0 Å². The Balaban J connectivity index is 2.19. The number of carbonyl (C=O) groups excluding carboxylic acids is 1. The SMILES string of the molecule is C[C@H]([C@H](O)c1ccccc1)N(C)C(=O)[C@H](F)c1c(F)cccc1I. The van der Waals surface area contributed by atoms with Gasteiger partial charge in [0.05, 0.1) is 12.1 Å². The van der Waals surface area contributed by atoms with Gasteiger partial charge in [0.1, 0.15) is 5.82 Å². The molecule has 0 fully saturated rings. The zero-order chi connectivity index (χ0) is 17.9. The number of nitrogens with zero attached hydrogens (tertiary/aromatic N) is 1. The highest BCUT2D eigenvalue weighted by molar-refractivity contribution is 14.1. The summed E-state index contributed by atoms with van der Waals surface area (Å²) in [6.45, 7) is 1.62. The van der Waals surface area contributed by atoms with Gasteiger partial charge in [0.2, 0.25) is 6.17 Å². The normalized spacial score (nSPS) is 14.8. The van der Waals surface area contributed by atoms with Gasteiger partial charge in [0, 0.05) is 16.2 Å². The largest absolute Gasteiger partial charge is 0.386 e. The highest BCUT2D eigenvalue weighted by Gasteiger charge is 2.32. The van der Waals surface area contributed by atoms with Gasteiger partial charge in [-0.1, -0.05) is 36.4 Å². The molecule has 0 saturated carbocycles. The molecule has 128 valence electrons. The smallest absolute Gasteiger partial charge is 0.262 e. The second kappa shape index (κ2) is 8.02. The van der Waals surface area contributed by atoms with E-state index in [9.17, 15) is 18.7 Å². The fraction of sp³-hybridized carbons (Fsp3) is 0.278. The van der Waals surface area contributed by atoms with Gasteiger partial charge in [-0.05, 0) is 47.2 Å². The number of carbonyl (C=O) groups is 1. The highest BCUT2D eigenvalue weighted by Crippen LogP contribution is 2.29. The molecule has 0 heterocycles. The van der Waals surface area contributed by atoms with E-state index in [4.69, 9.17) is 0 Å². The van der Waals surface area contributed by atoms with E-state index in [2.05, 4.69) is 0 Å². The molecule has 0 bridgehead atoms. The van der Waals surface area contributed by atoms with Gasteiger partial charge >= 0.3 is 0 Å². The summed E-state index contributed by atoms with van der Waals surface area (Å²) in [5.74, 6) is -1.65. The van der Waals surface area contributed by atoms with Crippen LogP contribution in [0.1, 0.15) is 30.3 Å². The maximum atomic E-state index is 14.6. The minimum Gasteiger partial charge on any atom is -0.386 e. The van der Waals surface area contributed by atoms with E-state index in [0.717, 1.165) is 11.0 Å². The molecule has 0 aliphatic carbocycles. The molecule has 3 nitrogen and oxygen atoms in total. The van der Waals surface area contributed by atoms with Crippen LogP contribution in [0.3, 0.4) is 0 Å². The third-order valence-corrected chi connectivity index (χ3v) is 4.97. The topological polar surface area (TPSA) is 40.5 Å². The predicted octanol–water partition coefficient (Wildman–Crippen LogP) is 4.02. The predicted molar refractivity (Wildman–Crippen MR) is 96.6 cm³/mol. The molecule has 0 unspecified atom stereocenters. The van der Waals surface area contributed by atoms with Crippen LogP contribution in [-0.4, -0.2) is 29.0 Å². The molecular formula is C18H18F2INO2. The fourth-order valence-corrected chi connectivity index (χ4v) is 3.13. The monoisotopic (exact) mass is 445 g/mol. The number of alkyl halides is 1. The number of hydrogen-bond acceptors (Lipinski definition) is 2. The van der Waals surface area contributed by atoms with E-state index in [1.807, 2.05) is 6.07 Å². The molecule has 2 aromatic carbocycles. The lowest BCUT2D eigenvalue weighted by Crippen LogP contribution is -2.41. The molecule has 1 amide bonds. The Bertz CT molecular complexity index is 691. The van der Waals surface area contributed by atoms with Crippen molar-refractivity contribution in [1.82, 2.24) is 4.90 Å². The number of likely N-dealkylation sites (N-methyl/N-ethyl adjacent to an activating group) is 1. The summed E-state index contributed by atoms with van der Waals surface area (Å²) < 4.78 is 28.8. The van der Waals surface area contributed by atoms with Crippen molar-refractivity contribution in [2.24, 2.45) is 0 Å². The lowest BCUT2D eigenvalue weighted by atomic mass is 10.0. The Hall–Kier alpha value is -1.54. The number of aliphatic hydroxyl groups is 1. The molecule has 0 aliphatic rings. The summed E-state index contributed by atoms with van der Waals surface area (Å²) in [5.41, 5.74) is 0.358. The average Bonchev–Trinajstić information content (AvgIpc) is 2.59. The summed E-state index contributed by atoms with van der Waals surface area (Å²) in [7, 11) is 1.40. The van der Waals surface area contributed by atoms with Crippen molar-refractivity contribution in [3.05, 3.63) is 69.0 Å². The van der Waals surface area contributed by atoms with Gasteiger partial charge in [0.15, 0.2) is 0 Å². The van der Waals surface area contributed by atoms with Crippen molar-refractivity contribution in [3.63, 3.8) is 0 Å². The third-order valence-electron chi connectivity index (χ3n) is 4.03. The van der Waals surface area contributed by atoms with Crippen LogP contribution in [0.2, 0.25) is 0 Å². The van der Waals surface area contributed by atoms with Gasteiger partial charge in [-0.3, -0.25) is 4.79 Å². The van der Waals surface area contributed by atoms with Crippen LogP contribution >= 0.6 is 22.6 Å². The lowest BCUT2D eigenvalue weighted by molar-refractivity contribution is -0.139. The summed E-state index contributed by atoms with van der Waals surface area (Å²) >= 11 is 1.80. The highest BCUT2D eigenvalue weighted by atomic mass is 127. The first kappa shape index (κ1) is 18.8. The van der Waals surface area contributed by atoms with Crippen molar-refractivity contribution >= 4 is 28.5 Å². The zero-order valence-electron chi connectivity index (χ0n) is 13.3. The van der Waals surface area contributed by atoms with Crippen molar-refractivity contribution in [2.45, 2.75) is 25.2 Å². The number of aliphatic hydroxyl groups excluding tert-OH is 1. The molecule has 6 heteroatoms. The van der Waals surface area contributed by atoms with E-state index in [-0.39, 0.29) is 5.56 Å². The second-order valence-electron chi connectivity index (χ2n) is 5.54. The Labute approximate surface area is 153 Å². The summed E-state index contributed by atoms with van der Waals surface area (Å²) in [6, 6.07) is 12.3.